The number of likely N-dealkylation sites (tertiary alicyclic amines) is 1. The van der Waals surface area contributed by atoms with Crippen LogP contribution in [0.5, 0.6) is 5.75 Å². The standard InChI is InChI=1S/C15H22N2O2/c1-15(2)5-4-6-17(10-15)14(18)11-7-12(16)9-13(8-11)19-3/h7-9H,4-6,10,16H2,1-3H3. The molecule has 0 aliphatic carbocycles. The molecule has 1 heterocycles. The molecule has 1 saturated heterocycles. The first kappa shape index (κ1) is 13.7. The first-order valence-electron chi connectivity index (χ1n) is 6.65. The molecule has 104 valence electrons. The zero-order valence-electron chi connectivity index (χ0n) is 11.9. The molecule has 4 heteroatoms. The van der Waals surface area contributed by atoms with Gasteiger partial charge in [0.2, 0.25) is 0 Å². The molecular weight excluding hydrogens is 240 g/mol. The van der Waals surface area contributed by atoms with E-state index in [9.17, 15) is 4.79 Å². The molecule has 0 unspecified atom stereocenters. The highest BCUT2D eigenvalue weighted by atomic mass is 16.5. The molecule has 0 atom stereocenters. The first-order valence-corrected chi connectivity index (χ1v) is 6.65. The zero-order valence-corrected chi connectivity index (χ0v) is 11.9. The summed E-state index contributed by atoms with van der Waals surface area (Å²) in [5.41, 5.74) is 7.16. The molecule has 2 rings (SSSR count). The van der Waals surface area contributed by atoms with Gasteiger partial charge in [0.15, 0.2) is 0 Å². The van der Waals surface area contributed by atoms with E-state index in [4.69, 9.17) is 10.5 Å². The summed E-state index contributed by atoms with van der Waals surface area (Å²) in [6, 6.07) is 5.18. The van der Waals surface area contributed by atoms with Crippen LogP contribution in [0.1, 0.15) is 37.0 Å². The molecule has 1 fully saturated rings. The highest BCUT2D eigenvalue weighted by Crippen LogP contribution is 2.30. The van der Waals surface area contributed by atoms with Crippen molar-refractivity contribution in [2.24, 2.45) is 5.41 Å². The van der Waals surface area contributed by atoms with Gasteiger partial charge < -0.3 is 15.4 Å². The smallest absolute Gasteiger partial charge is 0.254 e. The van der Waals surface area contributed by atoms with E-state index in [1.165, 1.54) is 0 Å². The lowest BCUT2D eigenvalue weighted by molar-refractivity contribution is 0.0583. The van der Waals surface area contributed by atoms with Crippen LogP contribution in [-0.4, -0.2) is 31.0 Å². The number of carbonyl (C=O) groups excluding carboxylic acids is 1. The minimum Gasteiger partial charge on any atom is -0.497 e. The average Bonchev–Trinajstić information content (AvgIpc) is 2.35. The highest BCUT2D eigenvalue weighted by molar-refractivity contribution is 5.95. The van der Waals surface area contributed by atoms with Crippen LogP contribution in [0.4, 0.5) is 5.69 Å². The maximum Gasteiger partial charge on any atom is 0.254 e. The SMILES string of the molecule is COc1cc(N)cc(C(=O)N2CCCC(C)(C)C2)c1. The lowest BCUT2D eigenvalue weighted by Crippen LogP contribution is -2.43. The fraction of sp³-hybridized carbons (Fsp3) is 0.533. The van der Waals surface area contributed by atoms with Crippen LogP contribution in [0.15, 0.2) is 18.2 Å². The minimum absolute atomic E-state index is 0.0402. The summed E-state index contributed by atoms with van der Waals surface area (Å²) in [4.78, 5) is 14.4. The van der Waals surface area contributed by atoms with Crippen LogP contribution in [0.2, 0.25) is 0 Å². The molecule has 0 aromatic heterocycles. The lowest BCUT2D eigenvalue weighted by atomic mass is 9.84. The van der Waals surface area contributed by atoms with Gasteiger partial charge in [-0.2, -0.15) is 0 Å². The van der Waals surface area contributed by atoms with E-state index in [-0.39, 0.29) is 11.3 Å². The third-order valence-corrected chi connectivity index (χ3v) is 3.60. The van der Waals surface area contributed by atoms with Crippen molar-refractivity contribution in [1.82, 2.24) is 4.90 Å². The molecule has 1 amide bonds. The van der Waals surface area contributed by atoms with E-state index in [1.807, 2.05) is 4.90 Å². The van der Waals surface area contributed by atoms with Crippen molar-refractivity contribution in [1.29, 1.82) is 0 Å². The number of benzene rings is 1. The van der Waals surface area contributed by atoms with E-state index in [2.05, 4.69) is 13.8 Å². The number of nitrogens with two attached hydrogens (primary N) is 1. The Morgan fingerprint density at radius 2 is 2.11 bits per heavy atom. The Labute approximate surface area is 114 Å². The zero-order chi connectivity index (χ0) is 14.0. The van der Waals surface area contributed by atoms with Gasteiger partial charge >= 0.3 is 0 Å². The van der Waals surface area contributed by atoms with Crippen LogP contribution >= 0.6 is 0 Å². The van der Waals surface area contributed by atoms with Gasteiger partial charge in [0.1, 0.15) is 5.75 Å². The number of rotatable bonds is 2. The maximum atomic E-state index is 12.5. The molecule has 0 saturated carbocycles. The fourth-order valence-electron chi connectivity index (χ4n) is 2.64. The van der Waals surface area contributed by atoms with Gasteiger partial charge in [-0.25, -0.2) is 0 Å². The highest BCUT2D eigenvalue weighted by Gasteiger charge is 2.29. The van der Waals surface area contributed by atoms with Crippen molar-refractivity contribution in [3.8, 4) is 5.75 Å². The predicted molar refractivity (Wildman–Crippen MR) is 76.3 cm³/mol. The van der Waals surface area contributed by atoms with Crippen molar-refractivity contribution >= 4 is 11.6 Å². The maximum absolute atomic E-state index is 12.5. The lowest BCUT2D eigenvalue weighted by Gasteiger charge is -2.38. The second-order valence-corrected chi connectivity index (χ2v) is 5.99. The van der Waals surface area contributed by atoms with Crippen LogP contribution in [0.25, 0.3) is 0 Å². The Balaban J connectivity index is 2.21. The van der Waals surface area contributed by atoms with Crippen LogP contribution in [0.3, 0.4) is 0 Å². The van der Waals surface area contributed by atoms with E-state index >= 15 is 0 Å². The Morgan fingerprint density at radius 3 is 2.74 bits per heavy atom. The normalized spacial score (nSPS) is 18.2. The second kappa shape index (κ2) is 5.11. The number of anilines is 1. The van der Waals surface area contributed by atoms with Crippen molar-refractivity contribution in [2.75, 3.05) is 25.9 Å². The van der Waals surface area contributed by atoms with Crippen LogP contribution < -0.4 is 10.5 Å². The van der Waals surface area contributed by atoms with E-state index in [0.717, 1.165) is 25.9 Å². The fourth-order valence-corrected chi connectivity index (χ4v) is 2.64. The number of ether oxygens (including phenoxy) is 1. The van der Waals surface area contributed by atoms with Crippen molar-refractivity contribution in [3.05, 3.63) is 23.8 Å². The van der Waals surface area contributed by atoms with Gasteiger partial charge in [0, 0.05) is 30.4 Å². The summed E-state index contributed by atoms with van der Waals surface area (Å²) in [7, 11) is 1.58. The Hall–Kier alpha value is -1.71. The quantitative estimate of drug-likeness (QED) is 0.833. The Kier molecular flexibility index (Phi) is 3.69. The number of hydrogen-bond donors (Lipinski definition) is 1. The van der Waals surface area contributed by atoms with Crippen molar-refractivity contribution < 1.29 is 9.53 Å². The minimum atomic E-state index is 0.0402. The van der Waals surface area contributed by atoms with Gasteiger partial charge in [-0.3, -0.25) is 4.79 Å². The number of nitrogen functional groups attached to an aromatic ring is 1. The molecule has 1 aliphatic rings. The van der Waals surface area contributed by atoms with Crippen molar-refractivity contribution in [2.45, 2.75) is 26.7 Å². The summed E-state index contributed by atoms with van der Waals surface area (Å²) >= 11 is 0. The summed E-state index contributed by atoms with van der Waals surface area (Å²) in [5.74, 6) is 0.665. The molecule has 1 aromatic rings. The van der Waals surface area contributed by atoms with Gasteiger partial charge in [0.25, 0.3) is 5.91 Å². The number of hydrogen-bond acceptors (Lipinski definition) is 3. The topological polar surface area (TPSA) is 55.6 Å². The summed E-state index contributed by atoms with van der Waals surface area (Å²) < 4.78 is 5.16. The summed E-state index contributed by atoms with van der Waals surface area (Å²) in [5, 5.41) is 0. The molecular formula is C15H22N2O2. The largest absolute Gasteiger partial charge is 0.497 e. The van der Waals surface area contributed by atoms with Gasteiger partial charge in [-0.15, -0.1) is 0 Å². The van der Waals surface area contributed by atoms with Gasteiger partial charge in [-0.05, 0) is 30.4 Å². The molecule has 19 heavy (non-hydrogen) atoms. The Morgan fingerprint density at radius 1 is 1.37 bits per heavy atom. The first-order chi connectivity index (χ1) is 8.91. The third kappa shape index (κ3) is 3.19. The second-order valence-electron chi connectivity index (χ2n) is 5.99. The molecule has 1 aliphatic heterocycles. The molecule has 4 nitrogen and oxygen atoms in total. The van der Waals surface area contributed by atoms with Crippen molar-refractivity contribution in [3.63, 3.8) is 0 Å². The number of nitrogens with zero attached hydrogens (tertiary/aromatic N) is 1. The number of methoxy groups -OCH3 is 1. The molecule has 2 N–H and O–H groups in total. The monoisotopic (exact) mass is 262 g/mol. The van der Waals surface area contributed by atoms with Crippen LogP contribution in [0, 0.1) is 5.41 Å². The van der Waals surface area contributed by atoms with Crippen LogP contribution in [-0.2, 0) is 0 Å². The van der Waals surface area contributed by atoms with Gasteiger partial charge in [0.05, 0.1) is 7.11 Å². The predicted octanol–water partition coefficient (Wildman–Crippen LogP) is 2.54. The van der Waals surface area contributed by atoms with E-state index < -0.39 is 0 Å². The van der Waals surface area contributed by atoms with E-state index in [0.29, 0.717) is 17.0 Å². The molecule has 0 spiro atoms. The number of carbonyl (C=O) groups is 1. The Bertz CT molecular complexity index is 483. The average molecular weight is 262 g/mol. The summed E-state index contributed by atoms with van der Waals surface area (Å²) in [6.45, 7) is 6.01. The molecule has 1 aromatic carbocycles. The number of piperidine rings is 1. The van der Waals surface area contributed by atoms with E-state index in [1.54, 1.807) is 25.3 Å². The third-order valence-electron chi connectivity index (χ3n) is 3.60. The van der Waals surface area contributed by atoms with Gasteiger partial charge in [-0.1, -0.05) is 13.8 Å². The summed E-state index contributed by atoms with van der Waals surface area (Å²) in [6.07, 6.45) is 2.22. The molecule has 0 bridgehead atoms. The number of amides is 1. The molecule has 0 radical (unpaired) electrons.